The molecule has 3 aliphatic rings. The summed E-state index contributed by atoms with van der Waals surface area (Å²) < 4.78 is 5.44. The number of imidazole rings is 2. The zero-order valence-corrected chi connectivity index (χ0v) is 31.3. The molecule has 2 N–H and O–H groups in total. The molecule has 3 aliphatic heterocycles. The summed E-state index contributed by atoms with van der Waals surface area (Å²) in [6, 6.07) is 26.8. The van der Waals surface area contributed by atoms with Gasteiger partial charge in [-0.2, -0.15) is 0 Å². The summed E-state index contributed by atoms with van der Waals surface area (Å²) >= 11 is 0. The van der Waals surface area contributed by atoms with Gasteiger partial charge >= 0.3 is 6.03 Å². The van der Waals surface area contributed by atoms with E-state index in [2.05, 4.69) is 89.4 Å². The lowest BCUT2D eigenvalue weighted by Gasteiger charge is -2.34. The number of H-pyrrole nitrogens is 2. The van der Waals surface area contributed by atoms with Crippen LogP contribution >= 0.6 is 0 Å². The molecule has 2 aromatic heterocycles. The fourth-order valence-corrected chi connectivity index (χ4v) is 8.41. The van der Waals surface area contributed by atoms with Crippen molar-refractivity contribution in [1.29, 1.82) is 0 Å². The normalized spacial score (nSPS) is 19.5. The summed E-state index contributed by atoms with van der Waals surface area (Å²) in [7, 11) is 0. The van der Waals surface area contributed by atoms with E-state index in [9.17, 15) is 9.59 Å². The number of amides is 3. The first-order valence-corrected chi connectivity index (χ1v) is 19.6. The van der Waals surface area contributed by atoms with Crippen molar-refractivity contribution in [2.75, 3.05) is 52.5 Å². The van der Waals surface area contributed by atoms with E-state index in [1.807, 2.05) is 45.3 Å². The molecule has 3 atom stereocenters. The number of nitrogens with zero attached hydrogens (tertiary/aromatic N) is 6. The molecule has 280 valence electrons. The van der Waals surface area contributed by atoms with Gasteiger partial charge in [0.15, 0.2) is 0 Å². The summed E-state index contributed by atoms with van der Waals surface area (Å²) in [5, 5.41) is 0. The van der Waals surface area contributed by atoms with Crippen LogP contribution in [0.4, 0.5) is 4.79 Å². The standard InChI is InChI=1S/C43H50N8O3/c1-3-48(4-2)39(34-10-6-5-7-11-34)42(52)50-22-8-12-37(50)40-44-28-35(46-40)32-18-14-30(15-19-32)31-16-20-33(21-17-31)36-29-45-41(47-36)38-13-9-23-51(38)43(53)49-24-26-54-27-25-49/h5-7,10-11,14-21,28-29,37-39H,3-4,8-9,12-13,22-27H2,1-2H3,(H,44,46)(H,45,47)/t37-,38-,39+/m0/s1. The first-order chi connectivity index (χ1) is 26.5. The van der Waals surface area contributed by atoms with E-state index in [1.54, 1.807) is 0 Å². The van der Waals surface area contributed by atoms with Gasteiger partial charge in [-0.15, -0.1) is 0 Å². The molecule has 3 aromatic carbocycles. The van der Waals surface area contributed by atoms with E-state index < -0.39 is 0 Å². The van der Waals surface area contributed by atoms with Gasteiger partial charge in [0.2, 0.25) is 5.91 Å². The molecule has 5 aromatic rings. The highest BCUT2D eigenvalue weighted by Crippen LogP contribution is 2.36. The summed E-state index contributed by atoms with van der Waals surface area (Å²) in [4.78, 5) is 52.2. The molecular weight excluding hydrogens is 677 g/mol. The van der Waals surface area contributed by atoms with E-state index in [4.69, 9.17) is 14.7 Å². The number of carbonyl (C=O) groups is 2. The average Bonchev–Trinajstić information content (AvgIpc) is 4.07. The first kappa shape index (κ1) is 35.8. The third-order valence-electron chi connectivity index (χ3n) is 11.4. The Labute approximate surface area is 317 Å². The number of hydrogen-bond donors (Lipinski definition) is 2. The van der Waals surface area contributed by atoms with Gasteiger partial charge in [-0.1, -0.05) is 92.7 Å². The van der Waals surface area contributed by atoms with Crippen LogP contribution < -0.4 is 0 Å². The summed E-state index contributed by atoms with van der Waals surface area (Å²) in [5.41, 5.74) is 7.26. The smallest absolute Gasteiger partial charge is 0.320 e. The molecule has 0 bridgehead atoms. The van der Waals surface area contributed by atoms with Gasteiger partial charge in [-0.05, 0) is 66.6 Å². The van der Waals surface area contributed by atoms with Gasteiger partial charge in [0.05, 0.1) is 49.1 Å². The van der Waals surface area contributed by atoms with E-state index in [-0.39, 0.29) is 30.1 Å². The van der Waals surface area contributed by atoms with Crippen molar-refractivity contribution >= 4 is 11.9 Å². The maximum Gasteiger partial charge on any atom is 0.320 e. The Kier molecular flexibility index (Phi) is 10.6. The van der Waals surface area contributed by atoms with Crippen molar-refractivity contribution in [3.05, 3.63) is 108 Å². The quantitative estimate of drug-likeness (QED) is 0.154. The number of aromatic nitrogens is 4. The Hall–Kier alpha value is -5.26. The Bertz CT molecular complexity index is 2020. The number of morpholine rings is 1. The second-order valence-corrected chi connectivity index (χ2v) is 14.5. The molecule has 0 aliphatic carbocycles. The molecule has 11 heteroatoms. The molecule has 3 fully saturated rings. The minimum Gasteiger partial charge on any atom is -0.378 e. The number of benzene rings is 3. The predicted molar refractivity (Wildman–Crippen MR) is 209 cm³/mol. The van der Waals surface area contributed by atoms with Crippen molar-refractivity contribution in [1.82, 2.24) is 39.5 Å². The number of likely N-dealkylation sites (N-methyl/N-ethyl adjacent to an activating group) is 1. The molecule has 3 saturated heterocycles. The predicted octanol–water partition coefficient (Wildman–Crippen LogP) is 7.47. The summed E-state index contributed by atoms with van der Waals surface area (Å²) in [5.74, 6) is 1.83. The minimum atomic E-state index is -0.310. The monoisotopic (exact) mass is 726 g/mol. The molecule has 8 rings (SSSR count). The number of hydrogen-bond acceptors (Lipinski definition) is 6. The second-order valence-electron chi connectivity index (χ2n) is 14.5. The van der Waals surface area contributed by atoms with Crippen molar-refractivity contribution in [3.63, 3.8) is 0 Å². The van der Waals surface area contributed by atoms with Crippen LogP contribution in [0.2, 0.25) is 0 Å². The number of carbonyl (C=O) groups excluding carboxylic acids is 2. The first-order valence-electron chi connectivity index (χ1n) is 19.6. The van der Waals surface area contributed by atoms with Gasteiger partial charge < -0.3 is 29.4 Å². The van der Waals surface area contributed by atoms with Crippen LogP contribution in [0, 0.1) is 0 Å². The van der Waals surface area contributed by atoms with Crippen LogP contribution in [0.1, 0.15) is 74.9 Å². The molecule has 0 unspecified atom stereocenters. The molecule has 3 amide bonds. The molecule has 54 heavy (non-hydrogen) atoms. The largest absolute Gasteiger partial charge is 0.378 e. The SMILES string of the molecule is CCN(CC)[C@@H](C(=O)N1CCC[C@H]1c1ncc(-c2ccc(-c3ccc(-c4cnc([C@@H]5CCCN5C(=O)N5CCOCC5)[nH]4)cc3)cc2)[nH]1)c1ccccc1. The van der Waals surface area contributed by atoms with Gasteiger partial charge in [0.25, 0.3) is 0 Å². The van der Waals surface area contributed by atoms with Crippen LogP contribution in [0.15, 0.2) is 91.3 Å². The number of urea groups is 1. The van der Waals surface area contributed by atoms with Gasteiger partial charge in [0, 0.05) is 26.2 Å². The van der Waals surface area contributed by atoms with Gasteiger partial charge in [-0.25, -0.2) is 14.8 Å². The van der Waals surface area contributed by atoms with Gasteiger partial charge in [0.1, 0.15) is 17.7 Å². The van der Waals surface area contributed by atoms with E-state index >= 15 is 0 Å². The number of ether oxygens (including phenoxy) is 1. The molecule has 5 heterocycles. The molecule has 0 radical (unpaired) electrons. The minimum absolute atomic E-state index is 0.0398. The molecular formula is C43H50N8O3. The third kappa shape index (κ3) is 7.18. The molecule has 11 nitrogen and oxygen atoms in total. The van der Waals surface area contributed by atoms with Gasteiger partial charge in [-0.3, -0.25) is 9.69 Å². The van der Waals surface area contributed by atoms with Crippen molar-refractivity contribution in [2.24, 2.45) is 0 Å². The Morgan fingerprint density at radius 3 is 1.74 bits per heavy atom. The van der Waals surface area contributed by atoms with Crippen molar-refractivity contribution in [3.8, 4) is 33.6 Å². The highest BCUT2D eigenvalue weighted by atomic mass is 16.5. The number of aromatic amines is 2. The lowest BCUT2D eigenvalue weighted by molar-refractivity contribution is -0.138. The highest BCUT2D eigenvalue weighted by molar-refractivity contribution is 5.84. The fraction of sp³-hybridized carbons (Fsp3) is 0.395. The lowest BCUT2D eigenvalue weighted by atomic mass is 10.0. The summed E-state index contributed by atoms with van der Waals surface area (Å²) in [6.07, 6.45) is 7.49. The molecule has 0 spiro atoms. The lowest BCUT2D eigenvalue weighted by Crippen LogP contribution is -2.48. The fourth-order valence-electron chi connectivity index (χ4n) is 8.41. The highest BCUT2D eigenvalue weighted by Gasteiger charge is 2.38. The van der Waals surface area contributed by atoms with Crippen LogP contribution in [-0.2, 0) is 9.53 Å². The Balaban J connectivity index is 0.929. The van der Waals surface area contributed by atoms with E-state index in [1.165, 1.54) is 0 Å². The second kappa shape index (κ2) is 16.0. The topological polar surface area (TPSA) is 114 Å². The Morgan fingerprint density at radius 1 is 0.704 bits per heavy atom. The van der Waals surface area contributed by atoms with E-state index in [0.717, 1.165) is 103 Å². The zero-order valence-electron chi connectivity index (χ0n) is 31.3. The zero-order chi connectivity index (χ0) is 37.0. The van der Waals surface area contributed by atoms with Crippen LogP contribution in [0.3, 0.4) is 0 Å². The summed E-state index contributed by atoms with van der Waals surface area (Å²) in [6.45, 7) is 9.79. The number of nitrogens with one attached hydrogen (secondary N) is 2. The number of rotatable bonds is 10. The van der Waals surface area contributed by atoms with Crippen LogP contribution in [0.25, 0.3) is 33.6 Å². The van der Waals surface area contributed by atoms with Crippen LogP contribution in [0.5, 0.6) is 0 Å². The molecule has 0 saturated carbocycles. The van der Waals surface area contributed by atoms with Crippen molar-refractivity contribution < 1.29 is 14.3 Å². The third-order valence-corrected chi connectivity index (χ3v) is 11.4. The van der Waals surface area contributed by atoms with E-state index in [0.29, 0.717) is 26.3 Å². The maximum atomic E-state index is 14.2. The average molecular weight is 727 g/mol. The maximum absolute atomic E-state index is 14.2. The Morgan fingerprint density at radius 2 is 1.20 bits per heavy atom. The van der Waals surface area contributed by atoms with Crippen LogP contribution in [-0.4, -0.2) is 104 Å². The van der Waals surface area contributed by atoms with Crippen molar-refractivity contribution in [2.45, 2.75) is 57.7 Å². The number of likely N-dealkylation sites (tertiary alicyclic amines) is 2.